The van der Waals surface area contributed by atoms with Gasteiger partial charge in [-0.1, -0.05) is 18.2 Å². The summed E-state index contributed by atoms with van der Waals surface area (Å²) in [6.07, 6.45) is 0.841. The molecule has 2 heterocycles. The average molecular weight is 363 g/mol. The first kappa shape index (κ1) is 17.1. The molecule has 27 heavy (non-hydrogen) atoms. The molecule has 0 unspecified atom stereocenters. The number of anilines is 1. The van der Waals surface area contributed by atoms with E-state index in [-0.39, 0.29) is 5.91 Å². The summed E-state index contributed by atoms with van der Waals surface area (Å²) in [5.74, 6) is 1.16. The van der Waals surface area contributed by atoms with Crippen LogP contribution >= 0.6 is 0 Å². The Bertz CT molecular complexity index is 980. The van der Waals surface area contributed by atoms with Gasteiger partial charge in [0.1, 0.15) is 0 Å². The van der Waals surface area contributed by atoms with Gasteiger partial charge in [0.05, 0.1) is 35.9 Å². The van der Waals surface area contributed by atoms with Gasteiger partial charge in [0.25, 0.3) is 5.91 Å². The number of carbonyl (C=O) groups is 1. The van der Waals surface area contributed by atoms with Gasteiger partial charge < -0.3 is 14.8 Å². The van der Waals surface area contributed by atoms with E-state index in [1.165, 1.54) is 0 Å². The molecule has 1 aromatic heterocycles. The topological polar surface area (TPSA) is 65.4 Å². The smallest absolute Gasteiger partial charge is 0.259 e. The summed E-state index contributed by atoms with van der Waals surface area (Å²) in [4.78, 5) is 12.9. The fourth-order valence-corrected chi connectivity index (χ4v) is 3.23. The lowest BCUT2D eigenvalue weighted by atomic mass is 10.1. The maximum atomic E-state index is 12.9. The van der Waals surface area contributed by atoms with Crippen molar-refractivity contribution >= 4 is 11.6 Å². The highest BCUT2D eigenvalue weighted by Gasteiger charge is 2.20. The van der Waals surface area contributed by atoms with Crippen LogP contribution in [0.3, 0.4) is 0 Å². The van der Waals surface area contributed by atoms with E-state index >= 15 is 0 Å². The number of aromatic nitrogens is 2. The first-order valence-corrected chi connectivity index (χ1v) is 8.96. The Kier molecular flexibility index (Phi) is 4.54. The summed E-state index contributed by atoms with van der Waals surface area (Å²) in [5, 5.41) is 7.48. The molecular weight excluding hydrogens is 342 g/mol. The van der Waals surface area contributed by atoms with Crippen LogP contribution in [-0.4, -0.2) is 28.9 Å². The van der Waals surface area contributed by atoms with Gasteiger partial charge in [0, 0.05) is 18.2 Å². The van der Waals surface area contributed by atoms with Gasteiger partial charge in [-0.25, -0.2) is 4.68 Å². The van der Waals surface area contributed by atoms with Crippen molar-refractivity contribution in [3.05, 3.63) is 65.5 Å². The fourth-order valence-electron chi connectivity index (χ4n) is 3.23. The van der Waals surface area contributed by atoms with Gasteiger partial charge in [-0.05, 0) is 38.1 Å². The number of rotatable bonds is 3. The molecule has 0 fully saturated rings. The number of benzene rings is 2. The third-order valence-electron chi connectivity index (χ3n) is 4.52. The molecule has 1 amide bonds. The molecule has 0 bridgehead atoms. The summed E-state index contributed by atoms with van der Waals surface area (Å²) in [5.41, 5.74) is 3.64. The molecule has 1 aliphatic rings. The standard InChI is InChI=1S/C21H21N3O3/c1-14-20(15(2)24(23-14)17-7-4-3-5-8-17)21(25)22-16-9-10-18-19(13-16)27-12-6-11-26-18/h3-5,7-10,13H,6,11-12H2,1-2H3,(H,22,25). The second kappa shape index (κ2) is 7.15. The van der Waals surface area contributed by atoms with Crippen molar-refractivity contribution in [1.82, 2.24) is 9.78 Å². The zero-order chi connectivity index (χ0) is 18.8. The molecule has 0 saturated heterocycles. The Morgan fingerprint density at radius 2 is 1.78 bits per heavy atom. The van der Waals surface area contributed by atoms with Crippen LogP contribution in [0.15, 0.2) is 48.5 Å². The highest BCUT2D eigenvalue weighted by atomic mass is 16.5. The van der Waals surface area contributed by atoms with Crippen LogP contribution in [0.4, 0.5) is 5.69 Å². The van der Waals surface area contributed by atoms with Gasteiger partial charge in [-0.15, -0.1) is 0 Å². The largest absolute Gasteiger partial charge is 0.490 e. The van der Waals surface area contributed by atoms with Crippen molar-refractivity contribution in [3.8, 4) is 17.2 Å². The van der Waals surface area contributed by atoms with Crippen LogP contribution in [-0.2, 0) is 0 Å². The number of nitrogens with one attached hydrogen (secondary N) is 1. The van der Waals surface area contributed by atoms with E-state index in [9.17, 15) is 4.79 Å². The van der Waals surface area contributed by atoms with Crippen LogP contribution in [0.5, 0.6) is 11.5 Å². The van der Waals surface area contributed by atoms with E-state index in [0.29, 0.717) is 41.7 Å². The molecule has 3 aromatic rings. The van der Waals surface area contributed by atoms with Crippen molar-refractivity contribution < 1.29 is 14.3 Å². The minimum atomic E-state index is -0.193. The fraction of sp³-hybridized carbons (Fsp3) is 0.238. The lowest BCUT2D eigenvalue weighted by Gasteiger charge is -2.11. The van der Waals surface area contributed by atoms with Crippen LogP contribution in [0, 0.1) is 13.8 Å². The van der Waals surface area contributed by atoms with E-state index in [1.54, 1.807) is 10.7 Å². The second-order valence-corrected chi connectivity index (χ2v) is 6.46. The number of para-hydroxylation sites is 1. The molecule has 1 N–H and O–H groups in total. The number of nitrogens with zero attached hydrogens (tertiary/aromatic N) is 2. The zero-order valence-electron chi connectivity index (χ0n) is 15.4. The Labute approximate surface area is 157 Å². The highest BCUT2D eigenvalue weighted by molar-refractivity contribution is 6.06. The van der Waals surface area contributed by atoms with Crippen molar-refractivity contribution in [2.24, 2.45) is 0 Å². The first-order valence-electron chi connectivity index (χ1n) is 8.96. The van der Waals surface area contributed by atoms with Gasteiger partial charge in [0.15, 0.2) is 11.5 Å². The zero-order valence-corrected chi connectivity index (χ0v) is 15.4. The Hall–Kier alpha value is -3.28. The second-order valence-electron chi connectivity index (χ2n) is 6.46. The molecule has 0 spiro atoms. The quantitative estimate of drug-likeness (QED) is 0.766. The molecule has 0 radical (unpaired) electrons. The predicted molar refractivity (Wildman–Crippen MR) is 103 cm³/mol. The van der Waals surface area contributed by atoms with Gasteiger partial charge in [-0.3, -0.25) is 4.79 Å². The SMILES string of the molecule is Cc1nn(-c2ccccc2)c(C)c1C(=O)Nc1ccc2c(c1)OCCCO2. The molecule has 4 rings (SSSR count). The van der Waals surface area contributed by atoms with Crippen molar-refractivity contribution in [2.75, 3.05) is 18.5 Å². The summed E-state index contributed by atoms with van der Waals surface area (Å²) in [6.45, 7) is 4.98. The minimum absolute atomic E-state index is 0.193. The van der Waals surface area contributed by atoms with E-state index in [0.717, 1.165) is 17.8 Å². The summed E-state index contributed by atoms with van der Waals surface area (Å²) >= 11 is 0. The Morgan fingerprint density at radius 3 is 2.56 bits per heavy atom. The highest BCUT2D eigenvalue weighted by Crippen LogP contribution is 2.32. The lowest BCUT2D eigenvalue weighted by molar-refractivity contribution is 0.102. The third-order valence-corrected chi connectivity index (χ3v) is 4.52. The Morgan fingerprint density at radius 1 is 1.04 bits per heavy atom. The van der Waals surface area contributed by atoms with E-state index in [4.69, 9.17) is 9.47 Å². The van der Waals surface area contributed by atoms with Gasteiger partial charge in [-0.2, -0.15) is 5.10 Å². The molecule has 0 atom stereocenters. The number of hydrogen-bond donors (Lipinski definition) is 1. The molecule has 2 aromatic carbocycles. The van der Waals surface area contributed by atoms with Crippen LogP contribution in [0.2, 0.25) is 0 Å². The molecule has 0 aliphatic carbocycles. The summed E-state index contributed by atoms with van der Waals surface area (Å²) < 4.78 is 13.1. The predicted octanol–water partition coefficient (Wildman–Crippen LogP) is 3.90. The average Bonchev–Trinajstić information content (AvgIpc) is 2.83. The molecule has 138 valence electrons. The lowest BCUT2D eigenvalue weighted by Crippen LogP contribution is -2.14. The van der Waals surface area contributed by atoms with Crippen LogP contribution in [0.25, 0.3) is 5.69 Å². The van der Waals surface area contributed by atoms with E-state index in [2.05, 4.69) is 10.4 Å². The Balaban J connectivity index is 1.61. The van der Waals surface area contributed by atoms with Gasteiger partial charge in [0.2, 0.25) is 0 Å². The molecule has 6 heteroatoms. The van der Waals surface area contributed by atoms with Crippen molar-refractivity contribution in [2.45, 2.75) is 20.3 Å². The van der Waals surface area contributed by atoms with Crippen LogP contribution < -0.4 is 14.8 Å². The number of carbonyl (C=O) groups excluding carboxylic acids is 1. The molecule has 6 nitrogen and oxygen atoms in total. The normalized spacial score (nSPS) is 13.1. The minimum Gasteiger partial charge on any atom is -0.490 e. The third kappa shape index (κ3) is 3.38. The van der Waals surface area contributed by atoms with E-state index < -0.39 is 0 Å². The van der Waals surface area contributed by atoms with Crippen molar-refractivity contribution in [1.29, 1.82) is 0 Å². The number of hydrogen-bond acceptors (Lipinski definition) is 4. The van der Waals surface area contributed by atoms with Crippen LogP contribution in [0.1, 0.15) is 28.2 Å². The first-order chi connectivity index (χ1) is 13.1. The maximum Gasteiger partial charge on any atom is 0.259 e. The molecular formula is C21H21N3O3. The van der Waals surface area contributed by atoms with Gasteiger partial charge >= 0.3 is 0 Å². The monoisotopic (exact) mass is 363 g/mol. The maximum absolute atomic E-state index is 12.9. The summed E-state index contributed by atoms with van der Waals surface area (Å²) in [7, 11) is 0. The van der Waals surface area contributed by atoms with Crippen molar-refractivity contribution in [3.63, 3.8) is 0 Å². The molecule has 0 saturated carbocycles. The number of amides is 1. The molecule has 1 aliphatic heterocycles. The summed E-state index contributed by atoms with van der Waals surface area (Å²) in [6, 6.07) is 15.2. The number of ether oxygens (including phenoxy) is 2. The number of fused-ring (bicyclic) bond motifs is 1. The number of aryl methyl sites for hydroxylation is 1. The van der Waals surface area contributed by atoms with E-state index in [1.807, 2.05) is 56.3 Å².